The standard InChI is InChI=1S/C16H15N3O3S/c1-10-9-13(20)18-16(17-10)23-8-4-7-19-14(21)11-5-2-3-6-12(11)15(19)22/h2-3,5-6,9H,4,7-8H2,1H3,(H,17,18,20). The fraction of sp³-hybridized carbons (Fsp3) is 0.250. The van der Waals surface area contributed by atoms with Crippen molar-refractivity contribution in [3.63, 3.8) is 0 Å². The zero-order valence-electron chi connectivity index (χ0n) is 12.5. The number of hydrogen-bond acceptors (Lipinski definition) is 5. The summed E-state index contributed by atoms with van der Waals surface area (Å²) >= 11 is 1.40. The van der Waals surface area contributed by atoms with E-state index in [-0.39, 0.29) is 17.4 Å². The van der Waals surface area contributed by atoms with Crippen LogP contribution in [0.25, 0.3) is 0 Å². The van der Waals surface area contributed by atoms with Crippen molar-refractivity contribution in [2.24, 2.45) is 0 Å². The van der Waals surface area contributed by atoms with Gasteiger partial charge in [0.15, 0.2) is 5.16 Å². The first-order chi connectivity index (χ1) is 11.1. The van der Waals surface area contributed by atoms with Gasteiger partial charge in [0.1, 0.15) is 0 Å². The van der Waals surface area contributed by atoms with Crippen molar-refractivity contribution in [3.05, 3.63) is 57.5 Å². The predicted molar refractivity (Wildman–Crippen MR) is 86.7 cm³/mol. The number of thioether (sulfide) groups is 1. The topological polar surface area (TPSA) is 83.1 Å². The molecule has 7 heteroatoms. The summed E-state index contributed by atoms with van der Waals surface area (Å²) in [7, 11) is 0. The van der Waals surface area contributed by atoms with E-state index >= 15 is 0 Å². The van der Waals surface area contributed by atoms with Crippen molar-refractivity contribution in [2.45, 2.75) is 18.5 Å². The molecule has 1 aliphatic rings. The van der Waals surface area contributed by atoms with Gasteiger partial charge in [0.05, 0.1) is 11.1 Å². The zero-order chi connectivity index (χ0) is 16.4. The minimum absolute atomic E-state index is 0.180. The highest BCUT2D eigenvalue weighted by molar-refractivity contribution is 7.99. The molecule has 0 unspecified atom stereocenters. The van der Waals surface area contributed by atoms with Gasteiger partial charge < -0.3 is 4.98 Å². The van der Waals surface area contributed by atoms with E-state index in [0.29, 0.717) is 40.7 Å². The van der Waals surface area contributed by atoms with Gasteiger partial charge in [0, 0.05) is 24.1 Å². The third-order valence-corrected chi connectivity index (χ3v) is 4.45. The highest BCUT2D eigenvalue weighted by Gasteiger charge is 2.34. The van der Waals surface area contributed by atoms with Crippen LogP contribution in [0.2, 0.25) is 0 Å². The molecule has 1 N–H and O–H groups in total. The summed E-state index contributed by atoms with van der Waals surface area (Å²) in [5.41, 5.74) is 1.42. The Morgan fingerprint density at radius 3 is 2.39 bits per heavy atom. The monoisotopic (exact) mass is 329 g/mol. The van der Waals surface area contributed by atoms with Gasteiger partial charge in [0.2, 0.25) is 0 Å². The van der Waals surface area contributed by atoms with Crippen LogP contribution in [0.4, 0.5) is 0 Å². The van der Waals surface area contributed by atoms with Gasteiger partial charge in [0.25, 0.3) is 17.4 Å². The van der Waals surface area contributed by atoms with Crippen molar-refractivity contribution < 1.29 is 9.59 Å². The van der Waals surface area contributed by atoms with Crippen LogP contribution in [-0.4, -0.2) is 39.0 Å². The Hall–Kier alpha value is -2.41. The predicted octanol–water partition coefficient (Wildman–Crippen LogP) is 1.86. The summed E-state index contributed by atoms with van der Waals surface area (Å²) in [6.07, 6.45) is 0.633. The molecule has 0 saturated carbocycles. The average molecular weight is 329 g/mol. The molecule has 0 saturated heterocycles. The van der Waals surface area contributed by atoms with E-state index in [2.05, 4.69) is 9.97 Å². The Bertz CT molecular complexity index is 796. The van der Waals surface area contributed by atoms with E-state index in [1.165, 1.54) is 22.7 Å². The van der Waals surface area contributed by atoms with Crippen LogP contribution in [0.3, 0.4) is 0 Å². The molecule has 0 fully saturated rings. The number of amides is 2. The number of aromatic amines is 1. The van der Waals surface area contributed by atoms with E-state index in [4.69, 9.17) is 0 Å². The number of nitrogens with one attached hydrogen (secondary N) is 1. The van der Waals surface area contributed by atoms with Crippen LogP contribution in [-0.2, 0) is 0 Å². The van der Waals surface area contributed by atoms with Crippen molar-refractivity contribution >= 4 is 23.6 Å². The summed E-state index contributed by atoms with van der Waals surface area (Å²) in [4.78, 5) is 43.9. The van der Waals surface area contributed by atoms with Crippen molar-refractivity contribution in [1.29, 1.82) is 0 Å². The summed E-state index contributed by atoms with van der Waals surface area (Å²) < 4.78 is 0. The number of rotatable bonds is 5. The number of fused-ring (bicyclic) bond motifs is 1. The van der Waals surface area contributed by atoms with Crippen LogP contribution in [0.5, 0.6) is 0 Å². The highest BCUT2D eigenvalue weighted by Crippen LogP contribution is 2.23. The Morgan fingerprint density at radius 2 is 1.78 bits per heavy atom. The second-order valence-electron chi connectivity index (χ2n) is 5.20. The molecule has 0 radical (unpaired) electrons. The van der Waals surface area contributed by atoms with Crippen LogP contribution in [0.15, 0.2) is 40.3 Å². The molecule has 0 spiro atoms. The molecule has 118 valence electrons. The minimum atomic E-state index is -0.238. The number of nitrogens with zero attached hydrogens (tertiary/aromatic N) is 2. The maximum atomic E-state index is 12.2. The summed E-state index contributed by atoms with van der Waals surface area (Å²) in [6.45, 7) is 2.12. The number of carbonyl (C=O) groups excluding carboxylic acids is 2. The highest BCUT2D eigenvalue weighted by atomic mass is 32.2. The maximum Gasteiger partial charge on any atom is 0.261 e. The van der Waals surface area contributed by atoms with Crippen LogP contribution in [0, 0.1) is 6.92 Å². The normalized spacial score (nSPS) is 13.5. The summed E-state index contributed by atoms with van der Waals surface area (Å²) in [5, 5.41) is 0.553. The molecule has 0 aliphatic carbocycles. The molecule has 6 nitrogen and oxygen atoms in total. The summed E-state index contributed by atoms with van der Waals surface area (Å²) in [6, 6.07) is 8.28. The molecule has 3 rings (SSSR count). The van der Waals surface area contributed by atoms with Crippen molar-refractivity contribution in [2.75, 3.05) is 12.3 Å². The lowest BCUT2D eigenvalue weighted by Crippen LogP contribution is -2.31. The lowest BCUT2D eigenvalue weighted by atomic mass is 10.1. The molecule has 2 aromatic rings. The van der Waals surface area contributed by atoms with Crippen molar-refractivity contribution in [3.8, 4) is 0 Å². The maximum absolute atomic E-state index is 12.2. The lowest BCUT2D eigenvalue weighted by Gasteiger charge is -2.13. The van der Waals surface area contributed by atoms with Gasteiger partial charge in [-0.3, -0.25) is 19.3 Å². The Balaban J connectivity index is 1.57. The second-order valence-corrected chi connectivity index (χ2v) is 6.29. The number of aromatic nitrogens is 2. The first-order valence-electron chi connectivity index (χ1n) is 7.22. The third kappa shape index (κ3) is 3.19. The van der Waals surface area contributed by atoms with Gasteiger partial charge >= 0.3 is 0 Å². The molecule has 1 aliphatic heterocycles. The molecule has 0 bridgehead atoms. The quantitative estimate of drug-likeness (QED) is 0.392. The Kier molecular flexibility index (Phi) is 4.29. The number of carbonyl (C=O) groups is 2. The fourth-order valence-electron chi connectivity index (χ4n) is 2.45. The zero-order valence-corrected chi connectivity index (χ0v) is 13.4. The van der Waals surface area contributed by atoms with E-state index in [1.807, 2.05) is 0 Å². The molecule has 0 atom stereocenters. The van der Waals surface area contributed by atoms with Gasteiger partial charge in [-0.25, -0.2) is 4.98 Å². The van der Waals surface area contributed by atoms with Crippen LogP contribution < -0.4 is 5.56 Å². The number of aryl methyl sites for hydroxylation is 1. The van der Waals surface area contributed by atoms with E-state index in [9.17, 15) is 14.4 Å². The number of imide groups is 1. The molecule has 1 aromatic carbocycles. The smallest absolute Gasteiger partial charge is 0.261 e. The molecular formula is C16H15N3O3S. The molecule has 23 heavy (non-hydrogen) atoms. The van der Waals surface area contributed by atoms with E-state index in [1.54, 1.807) is 31.2 Å². The SMILES string of the molecule is Cc1cc(=O)[nH]c(SCCCN2C(=O)c3ccccc3C2=O)n1. The van der Waals surface area contributed by atoms with Gasteiger partial charge in [-0.05, 0) is 25.5 Å². The van der Waals surface area contributed by atoms with Crippen molar-refractivity contribution in [1.82, 2.24) is 14.9 Å². The first kappa shape index (κ1) is 15.5. The number of benzene rings is 1. The number of hydrogen-bond donors (Lipinski definition) is 1. The van der Waals surface area contributed by atoms with E-state index in [0.717, 1.165) is 0 Å². The van der Waals surface area contributed by atoms with Gasteiger partial charge in [-0.2, -0.15) is 0 Å². The average Bonchev–Trinajstić information content (AvgIpc) is 2.75. The Morgan fingerprint density at radius 1 is 1.13 bits per heavy atom. The number of H-pyrrole nitrogens is 1. The Labute approximate surface area is 136 Å². The largest absolute Gasteiger partial charge is 0.301 e. The summed E-state index contributed by atoms with van der Waals surface area (Å²) in [5.74, 6) is 0.176. The van der Waals surface area contributed by atoms with Gasteiger partial charge in [-0.1, -0.05) is 23.9 Å². The van der Waals surface area contributed by atoms with E-state index < -0.39 is 0 Å². The lowest BCUT2D eigenvalue weighted by molar-refractivity contribution is 0.0655. The van der Waals surface area contributed by atoms with Gasteiger partial charge in [-0.15, -0.1) is 0 Å². The second kappa shape index (κ2) is 6.37. The minimum Gasteiger partial charge on any atom is -0.301 e. The van der Waals surface area contributed by atoms with Crippen LogP contribution >= 0.6 is 11.8 Å². The fourth-order valence-corrected chi connectivity index (χ4v) is 3.30. The first-order valence-corrected chi connectivity index (χ1v) is 8.21. The molecule has 1 aromatic heterocycles. The molecule has 2 heterocycles. The van der Waals surface area contributed by atoms with Crippen LogP contribution in [0.1, 0.15) is 32.8 Å². The third-order valence-electron chi connectivity index (χ3n) is 3.49. The molecule has 2 amide bonds. The molecular weight excluding hydrogens is 314 g/mol.